The van der Waals surface area contributed by atoms with Crippen molar-refractivity contribution in [2.45, 2.75) is 37.8 Å². The molecule has 42 heavy (non-hydrogen) atoms. The van der Waals surface area contributed by atoms with Gasteiger partial charge in [-0.2, -0.15) is 4.98 Å². The van der Waals surface area contributed by atoms with Crippen molar-refractivity contribution in [3.05, 3.63) is 45.8 Å². The number of hydrogen-bond acceptors (Lipinski definition) is 13. The second-order valence-corrected chi connectivity index (χ2v) is 12.3. The van der Waals surface area contributed by atoms with E-state index >= 15 is 0 Å². The van der Waals surface area contributed by atoms with Crippen LogP contribution in [-0.2, 0) is 4.74 Å². The highest BCUT2D eigenvalue weighted by Gasteiger charge is 2.26. The minimum atomic E-state index is -0.659. The van der Waals surface area contributed by atoms with Gasteiger partial charge in [0.25, 0.3) is 5.91 Å². The molecular weight excluding hydrogens is 578 g/mol. The van der Waals surface area contributed by atoms with Crippen LogP contribution in [0.1, 0.15) is 36.0 Å². The topological polar surface area (TPSA) is 179 Å². The van der Waals surface area contributed by atoms with Gasteiger partial charge in [-0.1, -0.05) is 24.2 Å². The average Bonchev–Trinajstić information content (AvgIpc) is 3.75. The van der Waals surface area contributed by atoms with Crippen molar-refractivity contribution in [3.8, 4) is 10.6 Å². The summed E-state index contributed by atoms with van der Waals surface area (Å²) in [7, 11) is 0. The third-order valence-corrected chi connectivity index (χ3v) is 9.58. The molecule has 0 spiro atoms. The van der Waals surface area contributed by atoms with Crippen LogP contribution in [0.4, 0.5) is 22.7 Å². The van der Waals surface area contributed by atoms with Gasteiger partial charge in [0.2, 0.25) is 11.4 Å². The van der Waals surface area contributed by atoms with Gasteiger partial charge < -0.3 is 36.2 Å². The largest absolute Gasteiger partial charge is 0.439 e. The molecular formula is C27H29N9O4S2. The molecule has 15 heteroatoms. The molecule has 2 fully saturated rings. The summed E-state index contributed by atoms with van der Waals surface area (Å²) in [6, 6.07) is 1.58. The lowest BCUT2D eigenvalue weighted by atomic mass is 9.91. The van der Waals surface area contributed by atoms with E-state index in [1.807, 2.05) is 10.3 Å². The fourth-order valence-corrected chi connectivity index (χ4v) is 7.29. The summed E-state index contributed by atoms with van der Waals surface area (Å²) in [6.07, 6.45) is 9.04. The van der Waals surface area contributed by atoms with Crippen LogP contribution in [-0.4, -0.2) is 63.6 Å². The zero-order valence-electron chi connectivity index (χ0n) is 22.5. The second kappa shape index (κ2) is 11.0. The Hall–Kier alpha value is -4.05. The van der Waals surface area contributed by atoms with Crippen molar-refractivity contribution in [2.75, 3.05) is 41.8 Å². The summed E-state index contributed by atoms with van der Waals surface area (Å²) in [5.74, 6) is 0.641. The Kier molecular flexibility index (Phi) is 7.01. The molecule has 0 radical (unpaired) electrons. The summed E-state index contributed by atoms with van der Waals surface area (Å²) in [5.41, 5.74) is 13.9. The fraction of sp³-hybridized carbons (Fsp3) is 0.370. The molecule has 13 nitrogen and oxygen atoms in total. The molecule has 1 saturated heterocycles. The molecule has 6 N–H and O–H groups in total. The van der Waals surface area contributed by atoms with Gasteiger partial charge in [-0.3, -0.25) is 14.0 Å². The maximum absolute atomic E-state index is 12.9. The van der Waals surface area contributed by atoms with Crippen LogP contribution in [0.2, 0.25) is 0 Å². The molecule has 5 aromatic heterocycles. The smallest absolute Gasteiger partial charge is 0.256 e. The van der Waals surface area contributed by atoms with Crippen molar-refractivity contribution < 1.29 is 13.9 Å². The molecule has 1 saturated carbocycles. The Morgan fingerprint density at radius 1 is 1.17 bits per heavy atom. The molecule has 218 valence electrons. The first-order chi connectivity index (χ1) is 20.5. The minimum Gasteiger partial charge on any atom is -0.439 e. The quantitative estimate of drug-likeness (QED) is 0.213. The number of morpholine rings is 1. The number of thiophene rings is 1. The molecule has 1 aliphatic heterocycles. The van der Waals surface area contributed by atoms with Crippen LogP contribution in [0.3, 0.4) is 0 Å². The van der Waals surface area contributed by atoms with Crippen molar-refractivity contribution in [1.29, 1.82) is 0 Å². The van der Waals surface area contributed by atoms with Gasteiger partial charge >= 0.3 is 0 Å². The number of fused-ring (bicyclic) bond motifs is 2. The molecule has 6 heterocycles. The predicted octanol–water partition coefficient (Wildman–Crippen LogP) is 3.38. The number of imidazole rings is 1. The van der Waals surface area contributed by atoms with Gasteiger partial charge in [0, 0.05) is 49.0 Å². The number of ether oxygens (including phenoxy) is 1. The number of nitrogens with zero attached hydrogens (tertiary/aromatic N) is 5. The van der Waals surface area contributed by atoms with Gasteiger partial charge in [-0.05, 0) is 12.8 Å². The zero-order valence-corrected chi connectivity index (χ0v) is 24.2. The Balaban J connectivity index is 1.23. The number of carbonyl (C=O) groups excluding carboxylic acids is 1. The maximum atomic E-state index is 12.9. The van der Waals surface area contributed by atoms with E-state index in [4.69, 9.17) is 25.6 Å². The molecule has 1 amide bonds. The minimum absolute atomic E-state index is 0.000325. The Morgan fingerprint density at radius 2 is 2.00 bits per heavy atom. The van der Waals surface area contributed by atoms with Crippen LogP contribution in [0, 0.1) is 0 Å². The fourth-order valence-electron chi connectivity index (χ4n) is 5.50. The average molecular weight is 608 g/mol. The monoisotopic (exact) mass is 607 g/mol. The summed E-state index contributed by atoms with van der Waals surface area (Å²) < 4.78 is 13.9. The maximum Gasteiger partial charge on any atom is 0.256 e. The number of rotatable bonds is 7. The molecule has 7 rings (SSSR count). The van der Waals surface area contributed by atoms with E-state index in [2.05, 4.69) is 20.6 Å². The van der Waals surface area contributed by atoms with Crippen LogP contribution in [0.25, 0.3) is 26.5 Å². The van der Waals surface area contributed by atoms with E-state index in [9.17, 15) is 9.59 Å². The number of primary amides is 1. The van der Waals surface area contributed by atoms with Gasteiger partial charge in [-0.25, -0.2) is 9.97 Å². The third kappa shape index (κ3) is 4.87. The first-order valence-electron chi connectivity index (χ1n) is 13.8. The molecule has 0 aromatic carbocycles. The summed E-state index contributed by atoms with van der Waals surface area (Å²) in [4.78, 5) is 41.3. The lowest BCUT2D eigenvalue weighted by Crippen LogP contribution is -2.43. The van der Waals surface area contributed by atoms with E-state index < -0.39 is 5.91 Å². The molecule has 2 aliphatic rings. The molecule has 5 aromatic rings. The third-order valence-electron chi connectivity index (χ3n) is 7.66. The number of aromatic nitrogens is 4. The summed E-state index contributed by atoms with van der Waals surface area (Å²) in [6.45, 7) is 2.46. The van der Waals surface area contributed by atoms with Gasteiger partial charge in [0.05, 0.1) is 25.0 Å². The van der Waals surface area contributed by atoms with Crippen molar-refractivity contribution >= 4 is 67.2 Å². The number of anilines is 4. The lowest BCUT2D eigenvalue weighted by molar-refractivity contribution is 0.100. The first-order valence-corrected chi connectivity index (χ1v) is 15.5. The van der Waals surface area contributed by atoms with E-state index in [1.54, 1.807) is 23.0 Å². The van der Waals surface area contributed by atoms with E-state index in [1.165, 1.54) is 28.7 Å². The highest BCUT2D eigenvalue weighted by molar-refractivity contribution is 7.20. The Bertz CT molecular complexity index is 1840. The zero-order chi connectivity index (χ0) is 28.8. The highest BCUT2D eigenvalue weighted by atomic mass is 32.1. The van der Waals surface area contributed by atoms with Gasteiger partial charge in [-0.15, -0.1) is 11.3 Å². The van der Waals surface area contributed by atoms with Crippen molar-refractivity contribution in [1.82, 2.24) is 19.4 Å². The number of amides is 1. The van der Waals surface area contributed by atoms with E-state index in [0.717, 1.165) is 31.2 Å². The summed E-state index contributed by atoms with van der Waals surface area (Å²) >= 11 is 2.67. The van der Waals surface area contributed by atoms with Crippen LogP contribution in [0.15, 0.2) is 39.2 Å². The van der Waals surface area contributed by atoms with Crippen molar-refractivity contribution in [3.63, 3.8) is 0 Å². The molecule has 1 aliphatic carbocycles. The SMILES string of the molecule is NC(=O)c1c(Nc2cnc(-c3csc4c(=O)cc(N5CCOCC5)oc34)s2)nc(N[C@H]2CCCC[C@H]2N)n2ccnc12. The van der Waals surface area contributed by atoms with E-state index in [-0.39, 0.29) is 28.9 Å². The molecule has 0 bridgehead atoms. The molecule has 2 atom stereocenters. The number of carbonyl (C=O) groups is 1. The number of hydrogen-bond donors (Lipinski definition) is 4. The van der Waals surface area contributed by atoms with Gasteiger partial charge in [0.1, 0.15) is 20.3 Å². The van der Waals surface area contributed by atoms with Crippen LogP contribution >= 0.6 is 22.7 Å². The number of thiazole rings is 1. The molecule has 0 unspecified atom stereocenters. The Morgan fingerprint density at radius 3 is 2.81 bits per heavy atom. The van der Waals surface area contributed by atoms with Crippen molar-refractivity contribution in [2.24, 2.45) is 11.5 Å². The summed E-state index contributed by atoms with van der Waals surface area (Å²) in [5, 5.41) is 9.86. The van der Waals surface area contributed by atoms with Crippen LogP contribution < -0.4 is 32.4 Å². The predicted molar refractivity (Wildman–Crippen MR) is 163 cm³/mol. The van der Waals surface area contributed by atoms with E-state index in [0.29, 0.717) is 64.1 Å². The lowest BCUT2D eigenvalue weighted by Gasteiger charge is -2.30. The van der Waals surface area contributed by atoms with Crippen LogP contribution in [0.5, 0.6) is 0 Å². The standard InChI is InChI=1S/C27H29N9O4S2/c28-15-3-1-2-4-16(15)32-27-34-24(20(23(29)38)25-30-5-6-36(25)27)33-18-12-31-26(42-18)14-13-41-22-17(37)11-19(40-21(14)22)35-7-9-39-10-8-35/h5-6,11-13,15-16,33H,1-4,7-10,28H2,(H2,29,38)(H,32,34)/t15-,16+/m1/s1. The van der Waals surface area contributed by atoms with Gasteiger partial charge in [0.15, 0.2) is 22.9 Å². The Labute approximate surface area is 247 Å². The number of nitrogens with two attached hydrogens (primary N) is 2. The normalized spacial score (nSPS) is 19.4. The number of nitrogens with one attached hydrogen (secondary N) is 2. The second-order valence-electron chi connectivity index (χ2n) is 10.4. The highest BCUT2D eigenvalue weighted by Crippen LogP contribution is 2.39. The first kappa shape index (κ1) is 26.8.